The van der Waals surface area contributed by atoms with Crippen molar-refractivity contribution in [3.63, 3.8) is 0 Å². The van der Waals surface area contributed by atoms with Crippen molar-refractivity contribution in [1.29, 1.82) is 0 Å². The first-order valence-corrected chi connectivity index (χ1v) is 4.63. The predicted octanol–water partition coefficient (Wildman–Crippen LogP) is 1.71. The summed E-state index contributed by atoms with van der Waals surface area (Å²) in [6.07, 6.45) is 4.67. The third kappa shape index (κ3) is 2.46. The molecule has 1 fully saturated rings. The zero-order valence-electron chi connectivity index (χ0n) is 7.42. The Hall–Kier alpha value is -0.0800. The van der Waals surface area contributed by atoms with Crippen molar-refractivity contribution in [3.05, 3.63) is 0 Å². The van der Waals surface area contributed by atoms with Crippen LogP contribution in [-0.2, 0) is 4.74 Å². The van der Waals surface area contributed by atoms with Gasteiger partial charge >= 0.3 is 0 Å². The largest absolute Gasteiger partial charge is 0.390 e. The van der Waals surface area contributed by atoms with Crippen LogP contribution in [0.4, 0.5) is 0 Å². The van der Waals surface area contributed by atoms with Crippen LogP contribution in [0.2, 0.25) is 0 Å². The quantitative estimate of drug-likeness (QED) is 0.618. The molecular weight excluding hydrogens is 140 g/mol. The standard InChI is InChI=1S/C9H18O2/c1-3-5-6-8-9(11-8)7(10)4-2/h7-10H,3-6H2,1-2H3. The Morgan fingerprint density at radius 1 is 1.45 bits per heavy atom. The fourth-order valence-electron chi connectivity index (χ4n) is 1.36. The normalized spacial score (nSPS) is 31.9. The number of unbranched alkanes of at least 4 members (excludes halogenated alkanes) is 1. The van der Waals surface area contributed by atoms with Crippen molar-refractivity contribution in [2.75, 3.05) is 0 Å². The summed E-state index contributed by atoms with van der Waals surface area (Å²) < 4.78 is 5.32. The number of aliphatic hydroxyl groups is 1. The molecule has 0 aromatic carbocycles. The fraction of sp³-hybridized carbons (Fsp3) is 1.00. The van der Waals surface area contributed by atoms with Crippen LogP contribution in [0.3, 0.4) is 0 Å². The van der Waals surface area contributed by atoms with Gasteiger partial charge in [-0.15, -0.1) is 0 Å². The molecule has 1 heterocycles. The maximum Gasteiger partial charge on any atom is 0.110 e. The summed E-state index contributed by atoms with van der Waals surface area (Å²) in [7, 11) is 0. The minimum absolute atomic E-state index is 0.159. The minimum Gasteiger partial charge on any atom is -0.390 e. The molecule has 0 bridgehead atoms. The van der Waals surface area contributed by atoms with Crippen LogP contribution in [0.1, 0.15) is 39.5 Å². The van der Waals surface area contributed by atoms with Gasteiger partial charge in [0.05, 0.1) is 12.2 Å². The Bertz CT molecular complexity index is 114. The molecule has 0 aromatic rings. The van der Waals surface area contributed by atoms with Crippen molar-refractivity contribution >= 4 is 0 Å². The molecule has 0 amide bonds. The molecule has 1 saturated heterocycles. The van der Waals surface area contributed by atoms with E-state index >= 15 is 0 Å². The van der Waals surface area contributed by atoms with Crippen molar-refractivity contribution in [3.8, 4) is 0 Å². The third-order valence-corrected chi connectivity index (χ3v) is 2.26. The molecule has 1 N–H and O–H groups in total. The van der Waals surface area contributed by atoms with Gasteiger partial charge in [-0.05, 0) is 12.8 Å². The van der Waals surface area contributed by atoms with Gasteiger partial charge in [-0.25, -0.2) is 0 Å². The van der Waals surface area contributed by atoms with E-state index < -0.39 is 0 Å². The second-order valence-electron chi connectivity index (χ2n) is 3.26. The number of ether oxygens (including phenoxy) is 1. The molecule has 0 aromatic heterocycles. The highest BCUT2D eigenvalue weighted by molar-refractivity contribution is 4.89. The molecule has 11 heavy (non-hydrogen) atoms. The number of hydrogen-bond donors (Lipinski definition) is 1. The van der Waals surface area contributed by atoms with E-state index in [1.807, 2.05) is 6.92 Å². The van der Waals surface area contributed by atoms with Gasteiger partial charge < -0.3 is 9.84 Å². The lowest BCUT2D eigenvalue weighted by molar-refractivity contribution is 0.131. The topological polar surface area (TPSA) is 32.8 Å². The maximum atomic E-state index is 9.34. The lowest BCUT2D eigenvalue weighted by atomic mass is 10.1. The molecule has 1 aliphatic heterocycles. The Morgan fingerprint density at radius 2 is 2.18 bits per heavy atom. The van der Waals surface area contributed by atoms with Gasteiger partial charge in [0.1, 0.15) is 6.10 Å². The van der Waals surface area contributed by atoms with Gasteiger partial charge in [0, 0.05) is 0 Å². The molecule has 0 aliphatic carbocycles. The highest BCUT2D eigenvalue weighted by atomic mass is 16.6. The van der Waals surface area contributed by atoms with Crippen molar-refractivity contribution in [2.45, 2.75) is 57.8 Å². The van der Waals surface area contributed by atoms with Gasteiger partial charge in [-0.3, -0.25) is 0 Å². The smallest absolute Gasteiger partial charge is 0.110 e. The summed E-state index contributed by atoms with van der Waals surface area (Å²) >= 11 is 0. The average molecular weight is 158 g/mol. The lowest BCUT2D eigenvalue weighted by Gasteiger charge is -2.01. The fourth-order valence-corrected chi connectivity index (χ4v) is 1.36. The van der Waals surface area contributed by atoms with Gasteiger partial charge in [0.25, 0.3) is 0 Å². The molecule has 66 valence electrons. The van der Waals surface area contributed by atoms with Gasteiger partial charge in [-0.2, -0.15) is 0 Å². The molecule has 2 nitrogen and oxygen atoms in total. The van der Waals surface area contributed by atoms with E-state index in [1.54, 1.807) is 0 Å². The summed E-state index contributed by atoms with van der Waals surface area (Å²) in [4.78, 5) is 0. The highest BCUT2D eigenvalue weighted by Gasteiger charge is 2.42. The van der Waals surface area contributed by atoms with Crippen LogP contribution >= 0.6 is 0 Å². The van der Waals surface area contributed by atoms with Crippen LogP contribution in [0.5, 0.6) is 0 Å². The first kappa shape index (κ1) is 9.01. The number of hydrogen-bond acceptors (Lipinski definition) is 2. The van der Waals surface area contributed by atoms with Crippen LogP contribution in [0, 0.1) is 0 Å². The van der Waals surface area contributed by atoms with Crippen LogP contribution in [0.15, 0.2) is 0 Å². The zero-order chi connectivity index (χ0) is 8.27. The van der Waals surface area contributed by atoms with Gasteiger partial charge in [0.2, 0.25) is 0 Å². The van der Waals surface area contributed by atoms with Crippen LogP contribution in [0.25, 0.3) is 0 Å². The van der Waals surface area contributed by atoms with Crippen molar-refractivity contribution < 1.29 is 9.84 Å². The summed E-state index contributed by atoms with van der Waals surface area (Å²) in [6.45, 7) is 4.16. The van der Waals surface area contributed by atoms with E-state index in [1.165, 1.54) is 12.8 Å². The molecule has 3 unspecified atom stereocenters. The van der Waals surface area contributed by atoms with E-state index in [0.29, 0.717) is 6.10 Å². The van der Waals surface area contributed by atoms with Crippen molar-refractivity contribution in [2.24, 2.45) is 0 Å². The molecule has 0 saturated carbocycles. The lowest BCUT2D eigenvalue weighted by Crippen LogP contribution is -2.15. The van der Waals surface area contributed by atoms with E-state index in [0.717, 1.165) is 12.8 Å². The third-order valence-electron chi connectivity index (χ3n) is 2.26. The highest BCUT2D eigenvalue weighted by Crippen LogP contribution is 2.30. The predicted molar refractivity (Wildman–Crippen MR) is 44.5 cm³/mol. The molecule has 0 spiro atoms. The zero-order valence-corrected chi connectivity index (χ0v) is 7.42. The van der Waals surface area contributed by atoms with Crippen LogP contribution < -0.4 is 0 Å². The Labute approximate surface area is 68.6 Å². The van der Waals surface area contributed by atoms with Gasteiger partial charge in [0.15, 0.2) is 0 Å². The maximum absolute atomic E-state index is 9.34. The molecule has 1 rings (SSSR count). The first-order valence-electron chi connectivity index (χ1n) is 4.63. The molecule has 1 aliphatic rings. The van der Waals surface area contributed by atoms with Crippen LogP contribution in [-0.4, -0.2) is 23.4 Å². The molecular formula is C9H18O2. The summed E-state index contributed by atoms with van der Waals surface area (Å²) in [5, 5.41) is 9.34. The van der Waals surface area contributed by atoms with E-state index in [9.17, 15) is 5.11 Å². The average Bonchev–Trinajstić information content (AvgIpc) is 2.78. The summed E-state index contributed by atoms with van der Waals surface area (Å²) in [5.41, 5.74) is 0. The van der Waals surface area contributed by atoms with Gasteiger partial charge in [-0.1, -0.05) is 26.7 Å². The summed E-state index contributed by atoms with van der Waals surface area (Å²) in [6, 6.07) is 0. The molecule has 0 radical (unpaired) electrons. The molecule has 2 heteroatoms. The van der Waals surface area contributed by atoms with E-state index in [4.69, 9.17) is 4.74 Å². The first-order chi connectivity index (χ1) is 5.29. The molecule has 3 atom stereocenters. The number of aliphatic hydroxyl groups excluding tert-OH is 1. The Morgan fingerprint density at radius 3 is 2.73 bits per heavy atom. The van der Waals surface area contributed by atoms with E-state index in [2.05, 4.69) is 6.92 Å². The Balaban J connectivity index is 2.06. The summed E-state index contributed by atoms with van der Waals surface area (Å²) in [5.74, 6) is 0. The second kappa shape index (κ2) is 4.07. The van der Waals surface area contributed by atoms with Crippen molar-refractivity contribution in [1.82, 2.24) is 0 Å². The van der Waals surface area contributed by atoms with E-state index in [-0.39, 0.29) is 12.2 Å². The number of rotatable bonds is 5. The second-order valence-corrected chi connectivity index (χ2v) is 3.26. The Kier molecular flexibility index (Phi) is 3.34. The number of epoxide rings is 1. The SMILES string of the molecule is CCCCC1OC1C(O)CC. The minimum atomic E-state index is -0.225. The monoisotopic (exact) mass is 158 g/mol.